The van der Waals surface area contributed by atoms with E-state index in [9.17, 15) is 5.11 Å². The third kappa shape index (κ3) is 5.53. The Hall–Kier alpha value is -1.56. The molecule has 0 bridgehead atoms. The number of nitrogens with one attached hydrogen (secondary N) is 1. The summed E-state index contributed by atoms with van der Waals surface area (Å²) < 4.78 is 0. The Morgan fingerprint density at radius 1 is 0.897 bits per heavy atom. The van der Waals surface area contributed by atoms with Crippen molar-refractivity contribution in [3.05, 3.63) is 59.7 Å². The van der Waals surface area contributed by atoms with Crippen molar-refractivity contribution in [2.75, 3.05) is 44.2 Å². The summed E-state index contributed by atoms with van der Waals surface area (Å²) in [5.74, 6) is 0. The molecule has 4 nitrogen and oxygen atoms in total. The van der Waals surface area contributed by atoms with Crippen LogP contribution in [0.25, 0.3) is 12.2 Å². The molecule has 4 rings (SSSR count). The van der Waals surface area contributed by atoms with Gasteiger partial charge in [0, 0.05) is 56.7 Å². The van der Waals surface area contributed by atoms with Gasteiger partial charge >= 0.3 is 0 Å². The van der Waals surface area contributed by atoms with E-state index < -0.39 is 0 Å². The highest BCUT2D eigenvalue weighted by Gasteiger charge is 2.22. The highest BCUT2D eigenvalue weighted by molar-refractivity contribution is 5.88. The molecule has 2 heterocycles. The minimum Gasteiger partial charge on any atom is -0.396 e. The van der Waals surface area contributed by atoms with E-state index in [1.807, 2.05) is 0 Å². The van der Waals surface area contributed by atoms with Gasteiger partial charge in [0.05, 0.1) is 0 Å². The van der Waals surface area contributed by atoms with E-state index in [-0.39, 0.29) is 31.4 Å². The third-order valence-corrected chi connectivity index (χ3v) is 5.66. The Balaban J connectivity index is 0.00000150. The van der Waals surface area contributed by atoms with Crippen LogP contribution >= 0.6 is 24.8 Å². The van der Waals surface area contributed by atoms with E-state index in [1.54, 1.807) is 0 Å². The van der Waals surface area contributed by atoms with E-state index >= 15 is 0 Å². The van der Waals surface area contributed by atoms with Crippen LogP contribution in [0.3, 0.4) is 0 Å². The van der Waals surface area contributed by atoms with Gasteiger partial charge in [0.25, 0.3) is 0 Å². The first-order valence-electron chi connectivity index (χ1n) is 10.1. The molecular formula is C23H31Cl2N3O. The number of para-hydroxylation sites is 2. The van der Waals surface area contributed by atoms with Crippen molar-refractivity contribution >= 4 is 48.3 Å². The number of nitrogens with zero attached hydrogens (tertiary/aromatic N) is 2. The normalized spacial score (nSPS) is 18.1. The zero-order valence-corrected chi connectivity index (χ0v) is 18.3. The minimum atomic E-state index is 0. The smallest absolute Gasteiger partial charge is 0.0484 e. The Morgan fingerprint density at radius 3 is 2.14 bits per heavy atom. The molecule has 6 heteroatoms. The quantitative estimate of drug-likeness (QED) is 0.712. The van der Waals surface area contributed by atoms with Crippen LogP contribution in [-0.4, -0.2) is 55.4 Å². The lowest BCUT2D eigenvalue weighted by Gasteiger charge is -2.36. The summed E-state index contributed by atoms with van der Waals surface area (Å²) in [5, 5.41) is 12.8. The molecule has 2 aromatic rings. The van der Waals surface area contributed by atoms with Crippen LogP contribution in [0.5, 0.6) is 0 Å². The maximum absolute atomic E-state index is 9.35. The van der Waals surface area contributed by atoms with Crippen LogP contribution in [0.4, 0.5) is 11.4 Å². The second kappa shape index (κ2) is 11.6. The molecule has 29 heavy (non-hydrogen) atoms. The fraction of sp³-hybridized carbons (Fsp3) is 0.391. The largest absolute Gasteiger partial charge is 0.396 e. The van der Waals surface area contributed by atoms with Gasteiger partial charge < -0.3 is 15.3 Å². The first kappa shape index (κ1) is 23.7. The maximum Gasteiger partial charge on any atom is 0.0484 e. The van der Waals surface area contributed by atoms with Gasteiger partial charge in [-0.3, -0.25) is 4.90 Å². The summed E-state index contributed by atoms with van der Waals surface area (Å²) in [7, 11) is 0. The van der Waals surface area contributed by atoms with Crippen LogP contribution in [0.15, 0.2) is 48.5 Å². The molecule has 1 saturated heterocycles. The summed E-state index contributed by atoms with van der Waals surface area (Å²) in [5.41, 5.74) is 5.11. The number of aliphatic hydroxyl groups is 1. The number of hydrogen-bond donors (Lipinski definition) is 2. The number of rotatable bonds is 6. The maximum atomic E-state index is 9.35. The van der Waals surface area contributed by atoms with E-state index in [0.717, 1.165) is 45.6 Å². The SMILES string of the molecule is Cl.Cl.OCCC1CNCCN1CCCN1c2ccccc2C=Cc2ccccc21. The predicted octanol–water partition coefficient (Wildman–Crippen LogP) is 4.20. The number of hydrogen-bond acceptors (Lipinski definition) is 4. The molecule has 0 radical (unpaired) electrons. The van der Waals surface area contributed by atoms with Crippen molar-refractivity contribution in [3.8, 4) is 0 Å². The number of halogens is 2. The van der Waals surface area contributed by atoms with Gasteiger partial charge in [0.2, 0.25) is 0 Å². The summed E-state index contributed by atoms with van der Waals surface area (Å²) >= 11 is 0. The molecule has 0 spiro atoms. The van der Waals surface area contributed by atoms with E-state index in [1.165, 1.54) is 22.5 Å². The number of piperazine rings is 1. The standard InChI is InChI=1S/C23H29N3O.2ClH/c27-17-12-21-18-24-13-16-25(21)14-5-15-26-22-8-3-1-6-19(22)10-11-20-7-2-4-9-23(20)26;;/h1-4,6-11,21,24,27H,5,12-18H2;2*1H. The Labute approximate surface area is 186 Å². The summed E-state index contributed by atoms with van der Waals surface area (Å²) in [6.45, 7) is 5.42. The monoisotopic (exact) mass is 435 g/mol. The second-order valence-electron chi connectivity index (χ2n) is 7.36. The second-order valence-corrected chi connectivity index (χ2v) is 7.36. The molecule has 2 aromatic carbocycles. The van der Waals surface area contributed by atoms with Crippen LogP contribution in [-0.2, 0) is 0 Å². The van der Waals surface area contributed by atoms with Gasteiger partial charge in [-0.15, -0.1) is 24.8 Å². The number of fused-ring (bicyclic) bond motifs is 2. The highest BCUT2D eigenvalue weighted by Crippen LogP contribution is 2.36. The van der Waals surface area contributed by atoms with Crippen molar-refractivity contribution in [1.82, 2.24) is 10.2 Å². The van der Waals surface area contributed by atoms with Gasteiger partial charge in [-0.2, -0.15) is 0 Å². The Kier molecular flexibility index (Phi) is 9.47. The topological polar surface area (TPSA) is 38.7 Å². The van der Waals surface area contributed by atoms with E-state index in [4.69, 9.17) is 0 Å². The van der Waals surface area contributed by atoms with Crippen molar-refractivity contribution in [1.29, 1.82) is 0 Å². The summed E-state index contributed by atoms with van der Waals surface area (Å²) in [6.07, 6.45) is 6.40. The lowest BCUT2D eigenvalue weighted by atomic mass is 10.1. The molecule has 0 aromatic heterocycles. The van der Waals surface area contributed by atoms with Crippen molar-refractivity contribution in [2.24, 2.45) is 0 Å². The molecule has 2 N–H and O–H groups in total. The summed E-state index contributed by atoms with van der Waals surface area (Å²) in [6, 6.07) is 17.8. The fourth-order valence-corrected chi connectivity index (χ4v) is 4.26. The fourth-order valence-electron chi connectivity index (χ4n) is 4.26. The molecular weight excluding hydrogens is 405 g/mol. The molecule has 2 aliphatic rings. The highest BCUT2D eigenvalue weighted by atomic mass is 35.5. The van der Waals surface area contributed by atoms with Crippen LogP contribution < -0.4 is 10.2 Å². The molecule has 0 amide bonds. The number of aliphatic hydroxyl groups excluding tert-OH is 1. The lowest BCUT2D eigenvalue weighted by molar-refractivity contribution is 0.130. The molecule has 1 atom stereocenters. The van der Waals surface area contributed by atoms with Crippen molar-refractivity contribution in [3.63, 3.8) is 0 Å². The van der Waals surface area contributed by atoms with Gasteiger partial charge in [0.1, 0.15) is 0 Å². The average Bonchev–Trinajstić information content (AvgIpc) is 2.87. The van der Waals surface area contributed by atoms with Crippen LogP contribution in [0, 0.1) is 0 Å². The van der Waals surface area contributed by atoms with Crippen molar-refractivity contribution < 1.29 is 5.11 Å². The summed E-state index contributed by atoms with van der Waals surface area (Å²) in [4.78, 5) is 5.01. The number of anilines is 2. The Morgan fingerprint density at radius 2 is 1.52 bits per heavy atom. The first-order chi connectivity index (χ1) is 13.4. The Bertz CT molecular complexity index is 748. The molecule has 1 fully saturated rings. The molecule has 0 aliphatic carbocycles. The third-order valence-electron chi connectivity index (χ3n) is 5.66. The molecule has 158 valence electrons. The lowest BCUT2D eigenvalue weighted by Crippen LogP contribution is -2.52. The van der Waals surface area contributed by atoms with Crippen LogP contribution in [0.2, 0.25) is 0 Å². The number of benzene rings is 2. The van der Waals surface area contributed by atoms with Gasteiger partial charge in [-0.05, 0) is 36.1 Å². The molecule has 0 saturated carbocycles. The molecule has 1 unspecified atom stereocenters. The van der Waals surface area contributed by atoms with Gasteiger partial charge in [-0.1, -0.05) is 48.6 Å². The molecule has 2 aliphatic heterocycles. The minimum absolute atomic E-state index is 0. The van der Waals surface area contributed by atoms with Crippen LogP contribution in [0.1, 0.15) is 24.0 Å². The predicted molar refractivity (Wildman–Crippen MR) is 128 cm³/mol. The van der Waals surface area contributed by atoms with Crippen molar-refractivity contribution in [2.45, 2.75) is 18.9 Å². The van der Waals surface area contributed by atoms with E-state index in [2.05, 4.69) is 75.8 Å². The van der Waals surface area contributed by atoms with E-state index in [0.29, 0.717) is 6.04 Å². The zero-order valence-electron chi connectivity index (χ0n) is 16.7. The van der Waals surface area contributed by atoms with Gasteiger partial charge in [0.15, 0.2) is 0 Å². The average molecular weight is 436 g/mol. The van der Waals surface area contributed by atoms with Gasteiger partial charge in [-0.25, -0.2) is 0 Å². The zero-order chi connectivity index (χ0) is 18.5. The first-order valence-corrected chi connectivity index (χ1v) is 10.1.